The number of nitrogens with zero attached hydrogens (tertiary/aromatic N) is 3. The highest BCUT2D eigenvalue weighted by Crippen LogP contribution is 2.45. The highest BCUT2D eigenvalue weighted by atomic mass is 32.2. The Labute approximate surface area is 456 Å². The maximum absolute atomic E-state index is 14.6. The number of piperazine rings is 1. The molecule has 6 rings (SSSR count). The fourth-order valence-corrected chi connectivity index (χ4v) is 13.1. The van der Waals surface area contributed by atoms with Crippen LogP contribution in [0.4, 0.5) is 4.79 Å². The van der Waals surface area contributed by atoms with Gasteiger partial charge in [0.2, 0.25) is 5.79 Å². The number of Topliss-reactive ketones (excluding diaryl/α,β-unsaturated/α-hetero) is 3. The third-order valence-corrected chi connectivity index (χ3v) is 18.2. The summed E-state index contributed by atoms with van der Waals surface area (Å²) in [4.78, 5) is 87.8. The van der Waals surface area contributed by atoms with Gasteiger partial charge in [-0.2, -0.15) is 12.7 Å². The lowest BCUT2D eigenvalue weighted by atomic mass is 9.68. The van der Waals surface area contributed by atoms with Crippen LogP contribution < -0.4 is 4.72 Å². The van der Waals surface area contributed by atoms with E-state index < -0.39 is 112 Å². The number of fused-ring (bicyclic) bond motifs is 4. The first-order valence-electron chi connectivity index (χ1n) is 27.5. The first-order chi connectivity index (χ1) is 36.5. The van der Waals surface area contributed by atoms with Crippen LogP contribution in [0.3, 0.4) is 0 Å². The highest BCUT2D eigenvalue weighted by Gasteiger charge is 2.57. The van der Waals surface area contributed by atoms with Crippen molar-refractivity contribution >= 4 is 45.5 Å². The molecule has 0 aromatic rings. The lowest BCUT2D eigenvalue weighted by molar-refractivity contribution is -0.263. The first-order valence-corrected chi connectivity index (χ1v) is 29.0. The average molecular weight is 1110 g/mol. The van der Waals surface area contributed by atoms with Crippen molar-refractivity contribution < 1.29 is 76.2 Å². The largest absolute Gasteiger partial charge is 0.460 e. The smallest absolute Gasteiger partial charge is 0.422 e. The summed E-state index contributed by atoms with van der Waals surface area (Å²) >= 11 is 0. The summed E-state index contributed by atoms with van der Waals surface area (Å²) in [6.07, 6.45) is 9.54. The molecule has 20 nitrogen and oxygen atoms in total. The Bertz CT molecular complexity index is 2300. The van der Waals surface area contributed by atoms with Gasteiger partial charge in [-0.25, -0.2) is 14.3 Å². The molecular formula is C56H88N4O16S. The second-order valence-electron chi connectivity index (χ2n) is 22.4. The maximum atomic E-state index is 14.6. The van der Waals surface area contributed by atoms with Gasteiger partial charge in [0, 0.05) is 84.1 Å². The lowest BCUT2D eigenvalue weighted by Gasteiger charge is -2.50. The van der Waals surface area contributed by atoms with Crippen molar-refractivity contribution in [3.05, 3.63) is 47.6 Å². The monoisotopic (exact) mass is 1100 g/mol. The van der Waals surface area contributed by atoms with Gasteiger partial charge in [0.15, 0.2) is 5.78 Å². The number of aliphatic hydroxyl groups excluding tert-OH is 2. The normalized spacial score (nSPS) is 38.5. The fourth-order valence-electron chi connectivity index (χ4n) is 12.1. The molecule has 0 spiro atoms. The molecule has 15 atom stereocenters. The zero-order valence-corrected chi connectivity index (χ0v) is 47.8. The van der Waals surface area contributed by atoms with Gasteiger partial charge in [-0.15, -0.1) is 0 Å². The third kappa shape index (κ3) is 16.2. The van der Waals surface area contributed by atoms with Crippen LogP contribution in [0.1, 0.15) is 119 Å². The molecule has 4 N–H and O–H groups in total. The van der Waals surface area contributed by atoms with Gasteiger partial charge in [-0.05, 0) is 115 Å². The number of carbonyl (C=O) groups is 6. The molecule has 77 heavy (non-hydrogen) atoms. The standard InChI is InChI=1S/C55H84N4O15S.CH4O/c1-33-14-11-10-12-15-34(2)28-36(4)48(61)50(71-9)49(62)37(5)29-35(3)43(60)32-45-42(30-39-19-22-44(46(31-39)70-8)73-54(66)56-75(68,69)58-26-24-57(7)25-27-58)41-16-13-23-59(47(41)53(65)72-45)52(64)51(63)55(67)38(6)18-21-40(74-55)20-17-33;1-2/h10-12,14-15,29,34-36,38-42,44-47,49-50,62,67H,13,16-28,30-32H2,1-9H3,(H,56,66);2H,1H3/b11-10+,15-12+,33-14+,37-29+;/t34-,35-,36?,38?,39?,40-,41-,42?,44-,45+,46?,47?,49?,50+,55?;/m1./s1. The van der Waals surface area contributed by atoms with Crippen molar-refractivity contribution in [3.8, 4) is 0 Å². The van der Waals surface area contributed by atoms with Crippen molar-refractivity contribution in [2.24, 2.45) is 41.4 Å². The molecule has 4 bridgehead atoms. The minimum atomic E-state index is -4.15. The summed E-state index contributed by atoms with van der Waals surface area (Å²) in [5.41, 5.74) is 1.39. The minimum Gasteiger partial charge on any atom is -0.460 e. The predicted octanol–water partition coefficient (Wildman–Crippen LogP) is 4.61. The SMILES string of the molecule is CO.COC1CC(CC2[C@H]3CCCN4C(=O)C(=O)C5(O)O[C@H](CC/C(C)=C/C=C/C=C/[C@@H](C)CC(C)C(=O)[C@H](OC)C(O)/C(C)=C/[C@@H](C)C(=O)C[C@@H]2OC(=O)C34)CCC5C)CC[C@H]1OC(=O)NS(=O)(=O)N1CCN(C)CC1. The molecular weight excluding hydrogens is 1020 g/mol. The highest BCUT2D eigenvalue weighted by molar-refractivity contribution is 7.87. The molecule has 6 aliphatic rings. The van der Waals surface area contributed by atoms with Gasteiger partial charge in [-0.1, -0.05) is 69.7 Å². The Morgan fingerprint density at radius 2 is 1.57 bits per heavy atom. The molecule has 21 heteroatoms. The number of carbonyl (C=O) groups excluding carboxylic acids is 6. The van der Waals surface area contributed by atoms with E-state index in [9.17, 15) is 47.4 Å². The van der Waals surface area contributed by atoms with E-state index in [1.54, 1.807) is 33.8 Å². The molecule has 5 heterocycles. The Morgan fingerprint density at radius 1 is 0.870 bits per heavy atom. The summed E-state index contributed by atoms with van der Waals surface area (Å²) in [7, 11) is 1.58. The number of hydrogen-bond donors (Lipinski definition) is 4. The van der Waals surface area contributed by atoms with E-state index in [1.165, 1.54) is 23.4 Å². The van der Waals surface area contributed by atoms with Gasteiger partial charge < -0.3 is 48.8 Å². The van der Waals surface area contributed by atoms with E-state index >= 15 is 0 Å². The number of nitrogens with one attached hydrogen (secondary N) is 1. The Balaban J connectivity index is 0.00000540. The van der Waals surface area contributed by atoms with Crippen molar-refractivity contribution in [3.63, 3.8) is 0 Å². The number of hydrogen-bond acceptors (Lipinski definition) is 17. The van der Waals surface area contributed by atoms with Crippen LogP contribution >= 0.6 is 0 Å². The number of aliphatic hydroxyl groups is 3. The molecule has 1 saturated carbocycles. The molecule has 2 amide bonds. The molecule has 0 aromatic carbocycles. The van der Waals surface area contributed by atoms with Crippen LogP contribution in [0.5, 0.6) is 0 Å². The summed E-state index contributed by atoms with van der Waals surface area (Å²) in [6, 6.07) is -1.20. The van der Waals surface area contributed by atoms with Crippen LogP contribution in [-0.4, -0.2) is 183 Å². The van der Waals surface area contributed by atoms with Crippen molar-refractivity contribution in [2.75, 3.05) is 61.1 Å². The topological polar surface area (TPSA) is 265 Å². The molecule has 0 radical (unpaired) electrons. The average Bonchev–Trinajstić information content (AvgIpc) is 3.40. The number of rotatable bonds is 7. The number of esters is 1. The first kappa shape index (κ1) is 63.6. The number of piperidine rings is 1. The van der Waals surface area contributed by atoms with E-state index in [0.29, 0.717) is 89.3 Å². The molecule has 8 unspecified atom stereocenters. The summed E-state index contributed by atoms with van der Waals surface area (Å²) in [5, 5.41) is 30.5. The fraction of sp³-hybridized carbons (Fsp3) is 0.750. The van der Waals surface area contributed by atoms with Gasteiger partial charge >= 0.3 is 22.3 Å². The molecule has 434 valence electrons. The molecule has 0 aromatic heterocycles. The molecule has 4 saturated heterocycles. The third-order valence-electron chi connectivity index (χ3n) is 16.8. The second kappa shape index (κ2) is 28.8. The summed E-state index contributed by atoms with van der Waals surface area (Å²) in [6.45, 7) is 12.3. The van der Waals surface area contributed by atoms with Gasteiger partial charge in [0.25, 0.3) is 11.7 Å². The van der Waals surface area contributed by atoms with E-state index in [-0.39, 0.29) is 49.5 Å². The van der Waals surface area contributed by atoms with E-state index in [4.69, 9.17) is 28.8 Å². The lowest BCUT2D eigenvalue weighted by Crippen LogP contribution is -2.65. The Morgan fingerprint density at radius 3 is 2.25 bits per heavy atom. The zero-order chi connectivity index (χ0) is 56.9. The number of methoxy groups -OCH3 is 2. The maximum Gasteiger partial charge on any atom is 0.422 e. The van der Waals surface area contributed by atoms with Crippen molar-refractivity contribution in [2.45, 2.75) is 167 Å². The minimum absolute atomic E-state index is 0.0197. The molecule has 1 aliphatic carbocycles. The van der Waals surface area contributed by atoms with Crippen molar-refractivity contribution in [1.29, 1.82) is 0 Å². The molecule has 5 fully saturated rings. The number of allylic oxidation sites excluding steroid dienone is 7. The summed E-state index contributed by atoms with van der Waals surface area (Å²) in [5.74, 6) is -9.12. The quantitative estimate of drug-likeness (QED) is 0.154. The predicted molar refractivity (Wildman–Crippen MR) is 286 cm³/mol. The number of likely N-dealkylation sites (N-methyl/N-ethyl adjacent to an activating group) is 1. The summed E-state index contributed by atoms with van der Waals surface area (Å²) < 4.78 is 58.9. The van der Waals surface area contributed by atoms with Crippen LogP contribution in [-0.2, 0) is 57.9 Å². The van der Waals surface area contributed by atoms with Crippen LogP contribution in [0.2, 0.25) is 0 Å². The Kier molecular flexibility index (Phi) is 23.8. The van der Waals surface area contributed by atoms with Crippen LogP contribution in [0.15, 0.2) is 47.6 Å². The molecule has 5 aliphatic heterocycles. The Hall–Kier alpha value is -4.19. The number of ether oxygens (including phenoxy) is 5. The number of amides is 2. The van der Waals surface area contributed by atoms with Crippen LogP contribution in [0, 0.1) is 41.4 Å². The van der Waals surface area contributed by atoms with Crippen LogP contribution in [0.25, 0.3) is 0 Å². The van der Waals surface area contributed by atoms with Crippen molar-refractivity contribution in [1.82, 2.24) is 18.8 Å². The van der Waals surface area contributed by atoms with E-state index in [0.717, 1.165) is 12.7 Å². The second-order valence-corrected chi connectivity index (χ2v) is 24.1. The van der Waals surface area contributed by atoms with Gasteiger partial charge in [0.05, 0.1) is 12.2 Å². The van der Waals surface area contributed by atoms with Gasteiger partial charge in [-0.3, -0.25) is 19.2 Å². The zero-order valence-electron chi connectivity index (χ0n) is 47.0. The van der Waals surface area contributed by atoms with Gasteiger partial charge in [0.1, 0.15) is 36.2 Å². The van der Waals surface area contributed by atoms with E-state index in [1.807, 2.05) is 60.9 Å². The number of ketones is 3. The van der Waals surface area contributed by atoms with E-state index in [2.05, 4.69) is 0 Å².